The van der Waals surface area contributed by atoms with Crippen molar-refractivity contribution in [2.45, 2.75) is 32.7 Å². The largest absolute Gasteiger partial charge is 0.481 e. The first-order chi connectivity index (χ1) is 13.5. The molecule has 0 fully saturated rings. The number of fused-ring (bicyclic) bond motifs is 1. The zero-order valence-corrected chi connectivity index (χ0v) is 16.7. The highest BCUT2D eigenvalue weighted by Crippen LogP contribution is 2.34. The number of nitrogens with zero attached hydrogens (tertiary/aromatic N) is 3. The van der Waals surface area contributed by atoms with E-state index in [2.05, 4.69) is 15.1 Å². The summed E-state index contributed by atoms with van der Waals surface area (Å²) in [6.07, 6.45) is 2.48. The van der Waals surface area contributed by atoms with E-state index >= 15 is 0 Å². The van der Waals surface area contributed by atoms with Crippen LogP contribution in [-0.4, -0.2) is 33.7 Å². The van der Waals surface area contributed by atoms with Gasteiger partial charge in [-0.25, -0.2) is 9.99 Å². The number of rotatable bonds is 4. The Hall–Kier alpha value is -3.00. The summed E-state index contributed by atoms with van der Waals surface area (Å²) in [6.45, 7) is 3.73. The fraction of sp³-hybridized carbons (Fsp3) is 0.300. The second-order valence-electron chi connectivity index (χ2n) is 6.61. The van der Waals surface area contributed by atoms with E-state index in [1.165, 1.54) is 16.3 Å². The van der Waals surface area contributed by atoms with Gasteiger partial charge in [-0.2, -0.15) is 5.10 Å². The number of carbonyl (C=O) groups excluding carboxylic acids is 1. The molecule has 0 aromatic carbocycles. The Morgan fingerprint density at radius 1 is 1.39 bits per heavy atom. The fourth-order valence-corrected chi connectivity index (χ4v) is 4.38. The third-order valence-electron chi connectivity index (χ3n) is 5.01. The maximum atomic E-state index is 12.7. The molecule has 4 heterocycles. The number of amides is 1. The molecule has 0 radical (unpaired) electrons. The highest BCUT2D eigenvalue weighted by atomic mass is 32.1. The van der Waals surface area contributed by atoms with Crippen LogP contribution in [0.25, 0.3) is 10.2 Å². The fourth-order valence-electron chi connectivity index (χ4n) is 3.54. The van der Waals surface area contributed by atoms with E-state index < -0.39 is 0 Å². The number of carbonyl (C=O) groups is 1. The smallest absolute Gasteiger partial charge is 0.258 e. The molecule has 8 heteroatoms. The minimum atomic E-state index is -0.294. The standard InChI is InChI=1S/C20H20N4O3S/c1-4-17(25)24-15(12-5-6-16(27-3)21-10-12)9-14(23-24)18-11(2)13-7-8-28-20(13)22-19(18)26/h5-8,10,15H,4,9H2,1-3H3,(H,22,26). The van der Waals surface area contributed by atoms with E-state index in [9.17, 15) is 9.59 Å². The second-order valence-corrected chi connectivity index (χ2v) is 7.53. The average molecular weight is 396 g/mol. The molecule has 0 bridgehead atoms. The van der Waals surface area contributed by atoms with Crippen LogP contribution in [0.1, 0.15) is 42.5 Å². The molecule has 0 spiro atoms. The Bertz CT molecular complexity index is 1130. The van der Waals surface area contributed by atoms with Crippen LogP contribution in [0, 0.1) is 6.92 Å². The zero-order valence-electron chi connectivity index (χ0n) is 15.9. The molecule has 28 heavy (non-hydrogen) atoms. The van der Waals surface area contributed by atoms with Gasteiger partial charge in [-0.15, -0.1) is 11.3 Å². The molecule has 0 aliphatic carbocycles. The van der Waals surface area contributed by atoms with E-state index in [-0.39, 0.29) is 17.5 Å². The maximum Gasteiger partial charge on any atom is 0.258 e. The molecule has 0 saturated carbocycles. The topological polar surface area (TPSA) is 87.7 Å². The number of hydrazone groups is 1. The maximum absolute atomic E-state index is 12.7. The summed E-state index contributed by atoms with van der Waals surface area (Å²) in [6, 6.07) is 5.34. The van der Waals surface area contributed by atoms with Gasteiger partial charge in [0.2, 0.25) is 11.8 Å². The Kier molecular flexibility index (Phi) is 4.72. The molecule has 1 atom stereocenters. The number of thiophene rings is 1. The lowest BCUT2D eigenvalue weighted by Gasteiger charge is -2.21. The highest BCUT2D eigenvalue weighted by Gasteiger charge is 2.34. The molecule has 1 amide bonds. The molecule has 1 unspecified atom stereocenters. The van der Waals surface area contributed by atoms with Crippen LogP contribution in [-0.2, 0) is 4.79 Å². The van der Waals surface area contributed by atoms with Crippen LogP contribution in [0.2, 0.25) is 0 Å². The molecular weight excluding hydrogens is 376 g/mol. The van der Waals surface area contributed by atoms with Crippen LogP contribution >= 0.6 is 11.3 Å². The third-order valence-corrected chi connectivity index (χ3v) is 5.84. The number of pyridine rings is 2. The van der Waals surface area contributed by atoms with Crippen LogP contribution in [0.15, 0.2) is 39.7 Å². The van der Waals surface area contributed by atoms with Crippen molar-refractivity contribution < 1.29 is 9.53 Å². The summed E-state index contributed by atoms with van der Waals surface area (Å²) in [4.78, 5) is 33.3. The van der Waals surface area contributed by atoms with Crippen molar-refractivity contribution in [3.8, 4) is 5.88 Å². The zero-order chi connectivity index (χ0) is 19.8. The van der Waals surface area contributed by atoms with E-state index in [1.807, 2.05) is 24.4 Å². The summed E-state index contributed by atoms with van der Waals surface area (Å²) in [5.74, 6) is 0.410. The molecule has 3 aromatic rings. The van der Waals surface area contributed by atoms with Gasteiger partial charge in [0.1, 0.15) is 4.83 Å². The Labute approximate surface area is 165 Å². The lowest BCUT2D eigenvalue weighted by molar-refractivity contribution is -0.132. The van der Waals surface area contributed by atoms with Crippen molar-refractivity contribution in [1.29, 1.82) is 0 Å². The predicted octanol–water partition coefficient (Wildman–Crippen LogP) is 3.39. The summed E-state index contributed by atoms with van der Waals surface area (Å²) in [5, 5.41) is 9.00. The Morgan fingerprint density at radius 2 is 2.21 bits per heavy atom. The number of ether oxygens (including phenoxy) is 1. The van der Waals surface area contributed by atoms with Crippen LogP contribution in [0.3, 0.4) is 0 Å². The predicted molar refractivity (Wildman–Crippen MR) is 109 cm³/mol. The van der Waals surface area contributed by atoms with Crippen LogP contribution < -0.4 is 10.3 Å². The van der Waals surface area contributed by atoms with Crippen LogP contribution in [0.4, 0.5) is 0 Å². The number of aromatic nitrogens is 2. The van der Waals surface area contributed by atoms with E-state index in [0.717, 1.165) is 21.3 Å². The van der Waals surface area contributed by atoms with Crippen molar-refractivity contribution >= 4 is 33.2 Å². The molecule has 1 N–H and O–H groups in total. The average Bonchev–Trinajstić information content (AvgIpc) is 3.35. The molecule has 1 aliphatic rings. The van der Waals surface area contributed by atoms with Crippen molar-refractivity contribution in [2.24, 2.45) is 5.10 Å². The van der Waals surface area contributed by atoms with Gasteiger partial charge in [-0.05, 0) is 35.6 Å². The SMILES string of the molecule is CCC(=O)N1N=C(c2c(C)c3ccsc3[nH]c2=O)CC1c1ccc(OC)nc1. The third kappa shape index (κ3) is 2.99. The molecule has 4 rings (SSSR count). The van der Waals surface area contributed by atoms with Gasteiger partial charge in [0.25, 0.3) is 5.56 Å². The summed E-state index contributed by atoms with van der Waals surface area (Å²) >= 11 is 1.50. The normalized spacial score (nSPS) is 16.5. The first-order valence-corrected chi connectivity index (χ1v) is 9.91. The second kappa shape index (κ2) is 7.20. The number of aryl methyl sites for hydroxylation is 1. The molecule has 7 nitrogen and oxygen atoms in total. The number of hydrogen-bond donors (Lipinski definition) is 1. The van der Waals surface area contributed by atoms with Gasteiger partial charge in [0, 0.05) is 30.5 Å². The number of nitrogens with one attached hydrogen (secondary N) is 1. The van der Waals surface area contributed by atoms with Gasteiger partial charge in [0.05, 0.1) is 24.4 Å². The molecule has 3 aromatic heterocycles. The lowest BCUT2D eigenvalue weighted by Crippen LogP contribution is -2.26. The molecule has 144 valence electrons. The van der Waals surface area contributed by atoms with Gasteiger partial charge in [-0.1, -0.05) is 6.92 Å². The number of aromatic amines is 1. The van der Waals surface area contributed by atoms with E-state index in [0.29, 0.717) is 30.0 Å². The molecular formula is C20H20N4O3S. The lowest BCUT2D eigenvalue weighted by atomic mass is 9.97. The first-order valence-electron chi connectivity index (χ1n) is 9.03. The minimum Gasteiger partial charge on any atom is -0.481 e. The number of H-pyrrole nitrogens is 1. The monoisotopic (exact) mass is 396 g/mol. The molecule has 1 aliphatic heterocycles. The molecule has 0 saturated heterocycles. The minimum absolute atomic E-state index is 0.0958. The summed E-state index contributed by atoms with van der Waals surface area (Å²) in [7, 11) is 1.56. The number of methoxy groups -OCH3 is 1. The van der Waals surface area contributed by atoms with Crippen LogP contribution in [0.5, 0.6) is 5.88 Å². The van der Waals surface area contributed by atoms with E-state index in [4.69, 9.17) is 4.74 Å². The van der Waals surface area contributed by atoms with Gasteiger partial charge in [0.15, 0.2) is 0 Å². The number of hydrogen-bond acceptors (Lipinski definition) is 6. The van der Waals surface area contributed by atoms with Crippen molar-refractivity contribution in [1.82, 2.24) is 15.0 Å². The van der Waals surface area contributed by atoms with E-state index in [1.54, 1.807) is 26.3 Å². The highest BCUT2D eigenvalue weighted by molar-refractivity contribution is 7.16. The summed E-state index contributed by atoms with van der Waals surface area (Å²) < 4.78 is 5.12. The van der Waals surface area contributed by atoms with Gasteiger partial charge in [-0.3, -0.25) is 9.59 Å². The van der Waals surface area contributed by atoms with Crippen molar-refractivity contribution in [2.75, 3.05) is 7.11 Å². The Balaban J connectivity index is 1.78. The quantitative estimate of drug-likeness (QED) is 0.732. The Morgan fingerprint density at radius 3 is 2.89 bits per heavy atom. The van der Waals surface area contributed by atoms with Crippen molar-refractivity contribution in [3.63, 3.8) is 0 Å². The summed E-state index contributed by atoms with van der Waals surface area (Å²) in [5.41, 5.74) is 2.73. The first kappa shape index (κ1) is 18.4. The van der Waals surface area contributed by atoms with Gasteiger partial charge >= 0.3 is 0 Å². The van der Waals surface area contributed by atoms with Crippen molar-refractivity contribution in [3.05, 3.63) is 56.8 Å². The van der Waals surface area contributed by atoms with Gasteiger partial charge < -0.3 is 9.72 Å².